The first-order valence-electron chi connectivity index (χ1n) is 7.71. The number of amides is 1. The average Bonchev–Trinajstić information content (AvgIpc) is 2.60. The molecule has 0 unspecified atom stereocenters. The zero-order valence-corrected chi connectivity index (χ0v) is 14.1. The summed E-state index contributed by atoms with van der Waals surface area (Å²) in [5.74, 6) is -3.34. The molecule has 1 amide bonds. The highest BCUT2D eigenvalue weighted by Crippen LogP contribution is 2.31. The van der Waals surface area contributed by atoms with Crippen molar-refractivity contribution in [3.05, 3.63) is 29.6 Å². The number of hydrogen-bond acceptors (Lipinski definition) is 4. The SMILES string of the molecule is CC[C@@H]1CN(C(=O)c2ccncc2C(F)(F)F)CCN1.O=C(O)C(F)(F)F. The van der Waals surface area contributed by atoms with E-state index < -0.39 is 29.8 Å². The molecule has 1 saturated heterocycles. The molecule has 6 nitrogen and oxygen atoms in total. The van der Waals surface area contributed by atoms with Crippen molar-refractivity contribution in [1.29, 1.82) is 0 Å². The molecule has 0 bridgehead atoms. The van der Waals surface area contributed by atoms with Crippen molar-refractivity contribution in [2.45, 2.75) is 31.7 Å². The largest absolute Gasteiger partial charge is 0.490 e. The van der Waals surface area contributed by atoms with Crippen molar-refractivity contribution in [1.82, 2.24) is 15.2 Å². The second-order valence-corrected chi connectivity index (χ2v) is 5.53. The number of carboxylic acids is 1. The molecule has 1 aromatic rings. The average molecular weight is 401 g/mol. The van der Waals surface area contributed by atoms with Crippen LogP contribution in [0.4, 0.5) is 26.3 Å². The molecule has 152 valence electrons. The van der Waals surface area contributed by atoms with E-state index in [1.165, 1.54) is 11.1 Å². The zero-order chi connectivity index (χ0) is 20.8. The van der Waals surface area contributed by atoms with E-state index in [4.69, 9.17) is 9.90 Å². The van der Waals surface area contributed by atoms with E-state index in [2.05, 4.69) is 10.3 Å². The summed E-state index contributed by atoms with van der Waals surface area (Å²) in [5, 5.41) is 10.3. The molecule has 0 spiro atoms. The van der Waals surface area contributed by atoms with Crippen molar-refractivity contribution in [3.8, 4) is 0 Å². The number of carbonyl (C=O) groups is 2. The van der Waals surface area contributed by atoms with E-state index in [0.29, 0.717) is 25.8 Å². The van der Waals surface area contributed by atoms with E-state index in [9.17, 15) is 31.1 Å². The van der Waals surface area contributed by atoms with Crippen molar-refractivity contribution >= 4 is 11.9 Å². The van der Waals surface area contributed by atoms with Gasteiger partial charge in [-0.05, 0) is 12.5 Å². The lowest BCUT2D eigenvalue weighted by atomic mass is 10.1. The molecule has 2 N–H and O–H groups in total. The van der Waals surface area contributed by atoms with Crippen LogP contribution in [0.25, 0.3) is 0 Å². The van der Waals surface area contributed by atoms with Crippen LogP contribution in [0.2, 0.25) is 0 Å². The molecule has 12 heteroatoms. The normalized spacial score (nSPS) is 17.7. The Bertz CT molecular complexity index is 663. The van der Waals surface area contributed by atoms with Gasteiger partial charge in [0.05, 0.1) is 11.1 Å². The fraction of sp³-hybridized carbons (Fsp3) is 0.533. The Balaban J connectivity index is 0.000000445. The van der Waals surface area contributed by atoms with Gasteiger partial charge in [0.15, 0.2) is 0 Å². The van der Waals surface area contributed by atoms with E-state index in [1.807, 2.05) is 6.92 Å². The van der Waals surface area contributed by atoms with Crippen molar-refractivity contribution in [2.75, 3.05) is 19.6 Å². The number of hydrogen-bond donors (Lipinski definition) is 2. The molecular weight excluding hydrogens is 384 g/mol. The Labute approximate surface area is 150 Å². The Morgan fingerprint density at radius 3 is 2.37 bits per heavy atom. The van der Waals surface area contributed by atoms with Crippen molar-refractivity contribution in [2.24, 2.45) is 0 Å². The molecule has 1 fully saturated rings. The summed E-state index contributed by atoms with van der Waals surface area (Å²) in [4.78, 5) is 26.1. The second-order valence-electron chi connectivity index (χ2n) is 5.53. The molecule has 0 aromatic carbocycles. The molecule has 0 aliphatic carbocycles. The molecule has 2 rings (SSSR count). The highest BCUT2D eigenvalue weighted by molar-refractivity contribution is 5.95. The van der Waals surface area contributed by atoms with Crippen LogP contribution in [0.1, 0.15) is 29.3 Å². The molecule has 2 heterocycles. The minimum absolute atomic E-state index is 0.129. The first kappa shape index (κ1) is 22.7. The third-order valence-electron chi connectivity index (χ3n) is 3.63. The third-order valence-corrected chi connectivity index (χ3v) is 3.63. The van der Waals surface area contributed by atoms with Crippen LogP contribution in [0.15, 0.2) is 18.5 Å². The molecule has 1 aliphatic rings. The maximum atomic E-state index is 12.9. The van der Waals surface area contributed by atoms with Gasteiger partial charge in [-0.3, -0.25) is 9.78 Å². The summed E-state index contributed by atoms with van der Waals surface area (Å²) in [6, 6.07) is 1.26. The number of nitrogens with one attached hydrogen (secondary N) is 1. The van der Waals surface area contributed by atoms with Crippen molar-refractivity contribution in [3.63, 3.8) is 0 Å². The number of halogens is 6. The topological polar surface area (TPSA) is 82.5 Å². The van der Waals surface area contributed by atoms with Crippen LogP contribution in [-0.2, 0) is 11.0 Å². The number of alkyl halides is 6. The third kappa shape index (κ3) is 6.70. The van der Waals surface area contributed by atoms with Gasteiger partial charge in [-0.2, -0.15) is 26.3 Å². The summed E-state index contributed by atoms with van der Waals surface area (Å²) < 4.78 is 70.4. The smallest absolute Gasteiger partial charge is 0.475 e. The van der Waals surface area contributed by atoms with Gasteiger partial charge in [-0.15, -0.1) is 0 Å². The Kier molecular flexibility index (Phi) is 7.57. The number of pyridine rings is 1. The standard InChI is InChI=1S/C13H16F3N3O.C2HF3O2/c1-2-9-8-19(6-5-18-9)12(20)10-3-4-17-7-11(10)13(14,15)16;3-2(4,5)1(6)7/h3-4,7,9,18H,2,5-6,8H2,1H3;(H,6,7)/t9-;/m1./s1. The van der Waals surface area contributed by atoms with Crippen LogP contribution in [0.5, 0.6) is 0 Å². The first-order chi connectivity index (χ1) is 12.4. The molecule has 0 radical (unpaired) electrons. The van der Waals surface area contributed by atoms with Crippen LogP contribution >= 0.6 is 0 Å². The van der Waals surface area contributed by atoms with Crippen LogP contribution < -0.4 is 5.32 Å². The summed E-state index contributed by atoms with van der Waals surface area (Å²) in [6.07, 6.45) is -6.92. The Morgan fingerprint density at radius 2 is 1.89 bits per heavy atom. The van der Waals surface area contributed by atoms with Gasteiger partial charge in [0, 0.05) is 38.1 Å². The van der Waals surface area contributed by atoms with E-state index in [0.717, 1.165) is 12.5 Å². The molecule has 1 aliphatic heterocycles. The maximum Gasteiger partial charge on any atom is 0.490 e. The second kappa shape index (κ2) is 9.02. The minimum Gasteiger partial charge on any atom is -0.475 e. The lowest BCUT2D eigenvalue weighted by molar-refractivity contribution is -0.192. The van der Waals surface area contributed by atoms with Gasteiger partial charge in [0.2, 0.25) is 0 Å². The lowest BCUT2D eigenvalue weighted by Gasteiger charge is -2.33. The number of piperazine rings is 1. The zero-order valence-electron chi connectivity index (χ0n) is 14.1. The van der Waals surface area contributed by atoms with Crippen LogP contribution in [0.3, 0.4) is 0 Å². The van der Waals surface area contributed by atoms with Gasteiger partial charge >= 0.3 is 18.3 Å². The van der Waals surface area contributed by atoms with Crippen LogP contribution in [0, 0.1) is 0 Å². The van der Waals surface area contributed by atoms with E-state index in [1.54, 1.807) is 0 Å². The number of nitrogens with zero attached hydrogens (tertiary/aromatic N) is 2. The number of aromatic nitrogens is 1. The van der Waals surface area contributed by atoms with Crippen LogP contribution in [-0.4, -0.2) is 58.7 Å². The fourth-order valence-electron chi connectivity index (χ4n) is 2.26. The maximum absolute atomic E-state index is 12.9. The predicted molar refractivity (Wildman–Crippen MR) is 80.9 cm³/mol. The fourth-order valence-corrected chi connectivity index (χ4v) is 2.26. The summed E-state index contributed by atoms with van der Waals surface area (Å²) >= 11 is 0. The predicted octanol–water partition coefficient (Wildman–Crippen LogP) is 2.56. The highest BCUT2D eigenvalue weighted by atomic mass is 19.4. The minimum atomic E-state index is -5.08. The number of rotatable bonds is 2. The number of carbonyl (C=O) groups excluding carboxylic acids is 1. The number of carboxylic acid groups (broad SMARTS) is 1. The first-order valence-corrected chi connectivity index (χ1v) is 7.71. The van der Waals surface area contributed by atoms with Gasteiger partial charge in [-0.25, -0.2) is 4.79 Å². The molecule has 1 aromatic heterocycles. The summed E-state index contributed by atoms with van der Waals surface area (Å²) in [6.45, 7) is 3.40. The monoisotopic (exact) mass is 401 g/mol. The molecular formula is C15H17F6N3O3. The molecule has 27 heavy (non-hydrogen) atoms. The lowest BCUT2D eigenvalue weighted by Crippen LogP contribution is -2.52. The molecule has 1 atom stereocenters. The molecule has 0 saturated carbocycles. The van der Waals surface area contributed by atoms with E-state index in [-0.39, 0.29) is 11.6 Å². The highest BCUT2D eigenvalue weighted by Gasteiger charge is 2.38. The Hall–Kier alpha value is -2.37. The number of aliphatic carboxylic acids is 1. The Morgan fingerprint density at radius 1 is 1.30 bits per heavy atom. The quantitative estimate of drug-likeness (QED) is 0.745. The van der Waals surface area contributed by atoms with Gasteiger partial charge in [0.25, 0.3) is 5.91 Å². The van der Waals surface area contributed by atoms with Crippen molar-refractivity contribution < 1.29 is 41.0 Å². The van der Waals surface area contributed by atoms with Gasteiger partial charge in [-0.1, -0.05) is 6.92 Å². The summed E-state index contributed by atoms with van der Waals surface area (Å²) in [5.41, 5.74) is -1.30. The van der Waals surface area contributed by atoms with Gasteiger partial charge < -0.3 is 15.3 Å². The van der Waals surface area contributed by atoms with Gasteiger partial charge in [0.1, 0.15) is 0 Å². The van der Waals surface area contributed by atoms with E-state index >= 15 is 0 Å². The summed E-state index contributed by atoms with van der Waals surface area (Å²) in [7, 11) is 0.